The number of imidazole rings is 1. The number of carbonyl (C=O) groups excluding carboxylic acids is 1. The van der Waals surface area contributed by atoms with Crippen molar-refractivity contribution < 1.29 is 18.0 Å². The third-order valence-electron chi connectivity index (χ3n) is 4.24. The lowest BCUT2D eigenvalue weighted by atomic mass is 10.0. The topological polar surface area (TPSA) is 51.0 Å². The first-order valence-electron chi connectivity index (χ1n) is 7.68. The highest BCUT2D eigenvalue weighted by Crippen LogP contribution is 2.29. The molecular formula is C16H17F3N4O. The van der Waals surface area contributed by atoms with Gasteiger partial charge >= 0.3 is 6.18 Å². The summed E-state index contributed by atoms with van der Waals surface area (Å²) in [5.41, 5.74) is -0.666. The van der Waals surface area contributed by atoms with Crippen molar-refractivity contribution in [2.45, 2.75) is 32.0 Å². The normalized spacial score (nSPS) is 18.7. The first-order chi connectivity index (χ1) is 11.4. The Morgan fingerprint density at radius 1 is 1.33 bits per heavy atom. The second-order valence-corrected chi connectivity index (χ2v) is 5.88. The molecular weight excluding hydrogens is 321 g/mol. The predicted octanol–water partition coefficient (Wildman–Crippen LogP) is 3.08. The fraction of sp³-hybridized carbons (Fsp3) is 0.438. The monoisotopic (exact) mass is 338 g/mol. The summed E-state index contributed by atoms with van der Waals surface area (Å²) < 4.78 is 40.0. The van der Waals surface area contributed by atoms with Gasteiger partial charge in [-0.1, -0.05) is 0 Å². The summed E-state index contributed by atoms with van der Waals surface area (Å²) in [6.07, 6.45) is 2.51. The number of pyridine rings is 1. The van der Waals surface area contributed by atoms with Gasteiger partial charge in [-0.2, -0.15) is 13.2 Å². The van der Waals surface area contributed by atoms with Crippen molar-refractivity contribution in [2.24, 2.45) is 0 Å². The smallest absolute Gasteiger partial charge is 0.337 e. The third kappa shape index (κ3) is 3.27. The van der Waals surface area contributed by atoms with Gasteiger partial charge in [0.2, 0.25) is 0 Å². The molecule has 1 saturated heterocycles. The average Bonchev–Trinajstić information content (AvgIpc) is 3.08. The van der Waals surface area contributed by atoms with E-state index in [9.17, 15) is 18.0 Å². The number of likely N-dealkylation sites (tertiary alicyclic amines) is 1. The molecule has 3 rings (SSSR count). The number of aryl methyl sites for hydroxylation is 1. The Hall–Kier alpha value is -2.38. The number of amides is 1. The van der Waals surface area contributed by atoms with Gasteiger partial charge in [0.1, 0.15) is 5.69 Å². The van der Waals surface area contributed by atoms with Crippen molar-refractivity contribution in [1.82, 2.24) is 19.4 Å². The number of aromatic nitrogens is 3. The van der Waals surface area contributed by atoms with Gasteiger partial charge in [0.05, 0.1) is 23.6 Å². The summed E-state index contributed by atoms with van der Waals surface area (Å²) in [7, 11) is 0. The minimum Gasteiger partial charge on any atom is -0.337 e. The van der Waals surface area contributed by atoms with Crippen molar-refractivity contribution in [3.8, 4) is 0 Å². The van der Waals surface area contributed by atoms with E-state index in [4.69, 9.17) is 0 Å². The molecule has 0 aromatic carbocycles. The molecule has 2 aromatic rings. The Morgan fingerprint density at radius 3 is 2.75 bits per heavy atom. The molecule has 0 saturated carbocycles. The molecule has 0 bridgehead atoms. The third-order valence-corrected chi connectivity index (χ3v) is 4.24. The SMILES string of the molecule is Cc1nc(C(F)(F)F)ccc1C(=O)N1CCC[C@@H](n2ccnc2)C1. The van der Waals surface area contributed by atoms with Crippen LogP contribution in [0, 0.1) is 6.92 Å². The molecule has 1 fully saturated rings. The van der Waals surface area contributed by atoms with E-state index in [1.165, 1.54) is 13.0 Å². The lowest BCUT2D eigenvalue weighted by Gasteiger charge is -2.33. The lowest BCUT2D eigenvalue weighted by Crippen LogP contribution is -2.40. The summed E-state index contributed by atoms with van der Waals surface area (Å²) in [6.45, 7) is 2.53. The Bertz CT molecular complexity index is 727. The minimum atomic E-state index is -4.51. The van der Waals surface area contributed by atoms with Crippen molar-refractivity contribution in [1.29, 1.82) is 0 Å². The van der Waals surface area contributed by atoms with Crippen LogP contribution >= 0.6 is 0 Å². The van der Waals surface area contributed by atoms with Gasteiger partial charge in [0.25, 0.3) is 5.91 Å². The zero-order chi connectivity index (χ0) is 17.3. The van der Waals surface area contributed by atoms with Gasteiger partial charge in [0, 0.05) is 25.5 Å². The maximum Gasteiger partial charge on any atom is 0.433 e. The van der Waals surface area contributed by atoms with E-state index < -0.39 is 11.9 Å². The summed E-state index contributed by atoms with van der Waals surface area (Å²) in [5, 5.41) is 0. The van der Waals surface area contributed by atoms with Gasteiger partial charge in [-0.25, -0.2) is 9.97 Å². The van der Waals surface area contributed by atoms with Gasteiger partial charge < -0.3 is 9.47 Å². The summed E-state index contributed by atoms with van der Waals surface area (Å²) >= 11 is 0. The van der Waals surface area contributed by atoms with Crippen LogP contribution < -0.4 is 0 Å². The average molecular weight is 338 g/mol. The van der Waals surface area contributed by atoms with Gasteiger partial charge in [-0.05, 0) is 31.9 Å². The highest BCUT2D eigenvalue weighted by molar-refractivity contribution is 5.95. The Morgan fingerprint density at radius 2 is 2.12 bits per heavy atom. The van der Waals surface area contributed by atoms with Crippen molar-refractivity contribution in [3.63, 3.8) is 0 Å². The molecule has 128 valence electrons. The zero-order valence-corrected chi connectivity index (χ0v) is 13.1. The number of nitrogens with zero attached hydrogens (tertiary/aromatic N) is 4. The van der Waals surface area contributed by atoms with E-state index in [1.54, 1.807) is 17.4 Å². The molecule has 1 amide bonds. The molecule has 1 aliphatic rings. The summed E-state index contributed by atoms with van der Waals surface area (Å²) in [5.74, 6) is -0.279. The van der Waals surface area contributed by atoms with E-state index in [0.29, 0.717) is 13.1 Å². The number of piperidine rings is 1. The zero-order valence-electron chi connectivity index (χ0n) is 13.1. The molecule has 0 radical (unpaired) electrons. The Labute approximate surface area is 137 Å². The van der Waals surface area contributed by atoms with E-state index in [2.05, 4.69) is 9.97 Å². The molecule has 2 aromatic heterocycles. The minimum absolute atomic E-state index is 0.0968. The fourth-order valence-electron chi connectivity index (χ4n) is 2.98. The Balaban J connectivity index is 1.79. The molecule has 0 N–H and O–H groups in total. The van der Waals surface area contributed by atoms with Gasteiger partial charge in [0.15, 0.2) is 0 Å². The van der Waals surface area contributed by atoms with Crippen LogP contribution in [-0.2, 0) is 6.18 Å². The van der Waals surface area contributed by atoms with Crippen LogP contribution in [0.15, 0.2) is 30.9 Å². The first-order valence-corrected chi connectivity index (χ1v) is 7.68. The second-order valence-electron chi connectivity index (χ2n) is 5.88. The van der Waals surface area contributed by atoms with Crippen molar-refractivity contribution in [3.05, 3.63) is 47.8 Å². The standard InChI is InChI=1S/C16H17F3N4O/c1-11-13(4-5-14(21-11)16(17,18)19)15(24)22-7-2-3-12(9-22)23-8-6-20-10-23/h4-6,8,10,12H,2-3,7,9H2,1H3/t12-/m1/s1. The Kier molecular flexibility index (Phi) is 4.29. The molecule has 0 unspecified atom stereocenters. The first kappa shape index (κ1) is 16.5. The maximum atomic E-state index is 12.7. The molecule has 24 heavy (non-hydrogen) atoms. The van der Waals surface area contributed by atoms with Crippen molar-refractivity contribution >= 4 is 5.91 Å². The highest BCUT2D eigenvalue weighted by Gasteiger charge is 2.33. The second kappa shape index (κ2) is 6.26. The lowest BCUT2D eigenvalue weighted by molar-refractivity contribution is -0.141. The van der Waals surface area contributed by atoms with Crippen LogP contribution in [0.4, 0.5) is 13.2 Å². The molecule has 1 atom stereocenters. The van der Waals surface area contributed by atoms with E-state index in [1.807, 2.05) is 10.8 Å². The molecule has 1 aliphatic heterocycles. The summed E-state index contributed by atoms with van der Waals surface area (Å²) in [4.78, 5) is 21.9. The van der Waals surface area contributed by atoms with Crippen LogP contribution in [0.1, 0.15) is 40.6 Å². The van der Waals surface area contributed by atoms with Crippen molar-refractivity contribution in [2.75, 3.05) is 13.1 Å². The summed E-state index contributed by atoms with van der Waals surface area (Å²) in [6, 6.07) is 2.21. The molecule has 0 spiro atoms. The fourth-order valence-corrected chi connectivity index (χ4v) is 2.98. The van der Waals surface area contributed by atoms with Crippen LogP contribution in [-0.4, -0.2) is 38.4 Å². The number of hydrogen-bond donors (Lipinski definition) is 0. The highest BCUT2D eigenvalue weighted by atomic mass is 19.4. The van der Waals surface area contributed by atoms with E-state index in [0.717, 1.165) is 18.9 Å². The quantitative estimate of drug-likeness (QED) is 0.845. The molecule has 8 heteroatoms. The van der Waals surface area contributed by atoms with Gasteiger partial charge in [-0.3, -0.25) is 4.79 Å². The number of hydrogen-bond acceptors (Lipinski definition) is 3. The molecule has 5 nitrogen and oxygen atoms in total. The van der Waals surface area contributed by atoms with Crippen LogP contribution in [0.2, 0.25) is 0 Å². The predicted molar refractivity (Wildman–Crippen MR) is 80.4 cm³/mol. The van der Waals surface area contributed by atoms with Crippen LogP contribution in [0.25, 0.3) is 0 Å². The largest absolute Gasteiger partial charge is 0.433 e. The van der Waals surface area contributed by atoms with E-state index in [-0.39, 0.29) is 23.2 Å². The van der Waals surface area contributed by atoms with Gasteiger partial charge in [-0.15, -0.1) is 0 Å². The number of carbonyl (C=O) groups is 1. The number of halogens is 3. The van der Waals surface area contributed by atoms with E-state index >= 15 is 0 Å². The maximum absolute atomic E-state index is 12.7. The number of rotatable bonds is 2. The molecule has 3 heterocycles. The molecule has 0 aliphatic carbocycles. The van der Waals surface area contributed by atoms with Crippen LogP contribution in [0.3, 0.4) is 0 Å². The number of alkyl halides is 3. The van der Waals surface area contributed by atoms with Crippen LogP contribution in [0.5, 0.6) is 0 Å².